The number of nitrogens with one attached hydrogen (secondary N) is 2. The van der Waals surface area contributed by atoms with Crippen LogP contribution >= 0.6 is 11.6 Å². The van der Waals surface area contributed by atoms with E-state index < -0.39 is 0 Å². The van der Waals surface area contributed by atoms with Gasteiger partial charge in [-0.1, -0.05) is 23.7 Å². The average Bonchev–Trinajstić information content (AvgIpc) is 2.74. The van der Waals surface area contributed by atoms with Gasteiger partial charge in [0.05, 0.1) is 12.1 Å². The van der Waals surface area contributed by atoms with Gasteiger partial charge < -0.3 is 20.1 Å². The Morgan fingerprint density at radius 2 is 1.48 bits per heavy atom. The van der Waals surface area contributed by atoms with E-state index in [1.807, 2.05) is 0 Å². The molecule has 0 radical (unpaired) electrons. The third-order valence-corrected chi connectivity index (χ3v) is 4.29. The lowest BCUT2D eigenvalue weighted by atomic mass is 10.2. The lowest BCUT2D eigenvalue weighted by Crippen LogP contribution is -2.20. The van der Waals surface area contributed by atoms with Gasteiger partial charge in [0.25, 0.3) is 11.8 Å². The molecule has 148 valence electrons. The quantitative estimate of drug-likeness (QED) is 0.596. The van der Waals surface area contributed by atoms with Gasteiger partial charge >= 0.3 is 0 Å². The van der Waals surface area contributed by atoms with Crippen LogP contribution < -0.4 is 20.1 Å². The van der Waals surface area contributed by atoms with Gasteiger partial charge in [0.1, 0.15) is 11.5 Å². The maximum Gasteiger partial charge on any atom is 0.262 e. The number of hydrogen-bond acceptors (Lipinski definition) is 4. The molecule has 0 spiro atoms. The van der Waals surface area contributed by atoms with E-state index in [-0.39, 0.29) is 18.4 Å². The predicted molar refractivity (Wildman–Crippen MR) is 113 cm³/mol. The average molecular weight is 411 g/mol. The lowest BCUT2D eigenvalue weighted by Gasteiger charge is -2.09. The third kappa shape index (κ3) is 5.73. The second-order valence-corrected chi connectivity index (χ2v) is 6.43. The van der Waals surface area contributed by atoms with Crippen LogP contribution in [0.3, 0.4) is 0 Å². The minimum Gasteiger partial charge on any atom is -0.497 e. The number of para-hydroxylation sites is 1. The van der Waals surface area contributed by atoms with Crippen LogP contribution in [-0.2, 0) is 4.79 Å². The molecule has 3 aromatic rings. The maximum absolute atomic E-state index is 12.3. The minimum absolute atomic E-state index is 0.177. The van der Waals surface area contributed by atoms with Crippen LogP contribution in [0.1, 0.15) is 10.4 Å². The molecule has 0 bridgehead atoms. The van der Waals surface area contributed by atoms with Crippen LogP contribution in [0.2, 0.25) is 5.02 Å². The summed E-state index contributed by atoms with van der Waals surface area (Å²) in [7, 11) is 1.58. The van der Waals surface area contributed by atoms with E-state index >= 15 is 0 Å². The Balaban J connectivity index is 1.53. The highest BCUT2D eigenvalue weighted by Gasteiger charge is 2.09. The summed E-state index contributed by atoms with van der Waals surface area (Å²) < 4.78 is 10.5. The molecule has 0 aromatic heterocycles. The Hall–Kier alpha value is -3.51. The Labute approximate surface area is 173 Å². The van der Waals surface area contributed by atoms with Gasteiger partial charge in [-0.05, 0) is 60.7 Å². The van der Waals surface area contributed by atoms with Gasteiger partial charge in [-0.3, -0.25) is 9.59 Å². The van der Waals surface area contributed by atoms with Crippen molar-refractivity contribution in [2.75, 3.05) is 24.4 Å². The standard InChI is InChI=1S/C22H19ClN2O4/c1-28-18-12-10-17(11-13-18)25-22(27)15-6-8-16(9-7-15)24-21(26)14-29-20-5-3-2-4-19(20)23/h2-13H,14H2,1H3,(H,24,26)(H,25,27). The molecule has 0 saturated carbocycles. The first-order chi connectivity index (χ1) is 14.0. The number of methoxy groups -OCH3 is 1. The lowest BCUT2D eigenvalue weighted by molar-refractivity contribution is -0.118. The van der Waals surface area contributed by atoms with Crippen molar-refractivity contribution in [1.29, 1.82) is 0 Å². The molecule has 6 nitrogen and oxygen atoms in total. The van der Waals surface area contributed by atoms with Crippen molar-refractivity contribution in [2.24, 2.45) is 0 Å². The first-order valence-corrected chi connectivity index (χ1v) is 9.15. The molecule has 0 fully saturated rings. The van der Waals surface area contributed by atoms with E-state index in [4.69, 9.17) is 21.1 Å². The second kappa shape index (κ2) is 9.61. The van der Waals surface area contributed by atoms with Crippen molar-refractivity contribution in [3.63, 3.8) is 0 Å². The number of hydrogen-bond donors (Lipinski definition) is 2. The smallest absolute Gasteiger partial charge is 0.262 e. The number of benzene rings is 3. The summed E-state index contributed by atoms with van der Waals surface area (Å²) in [6, 6.07) is 20.5. The first kappa shape index (κ1) is 20.2. The summed E-state index contributed by atoms with van der Waals surface area (Å²) in [6.45, 7) is -0.177. The monoisotopic (exact) mass is 410 g/mol. The fourth-order valence-electron chi connectivity index (χ4n) is 2.48. The van der Waals surface area contributed by atoms with Crippen molar-refractivity contribution < 1.29 is 19.1 Å². The Bertz CT molecular complexity index is 988. The van der Waals surface area contributed by atoms with Crippen LogP contribution in [-0.4, -0.2) is 25.5 Å². The summed E-state index contributed by atoms with van der Waals surface area (Å²) in [6.07, 6.45) is 0. The molecule has 0 unspecified atom stereocenters. The molecule has 3 aromatic carbocycles. The molecule has 0 heterocycles. The molecular weight excluding hydrogens is 392 g/mol. The van der Waals surface area contributed by atoms with Crippen LogP contribution in [0.4, 0.5) is 11.4 Å². The largest absolute Gasteiger partial charge is 0.497 e. The van der Waals surface area contributed by atoms with Crippen LogP contribution in [0.15, 0.2) is 72.8 Å². The van der Waals surface area contributed by atoms with E-state index in [2.05, 4.69) is 10.6 Å². The highest BCUT2D eigenvalue weighted by molar-refractivity contribution is 6.32. The molecule has 3 rings (SSSR count). The van der Waals surface area contributed by atoms with E-state index in [0.717, 1.165) is 0 Å². The summed E-state index contributed by atoms with van der Waals surface area (Å²) in [5, 5.41) is 5.94. The number of anilines is 2. The van der Waals surface area contributed by atoms with E-state index in [0.29, 0.717) is 33.5 Å². The summed E-state index contributed by atoms with van der Waals surface area (Å²) in [5.41, 5.74) is 1.68. The molecule has 2 N–H and O–H groups in total. The number of rotatable bonds is 7. The molecule has 0 atom stereocenters. The number of amides is 2. The topological polar surface area (TPSA) is 76.7 Å². The van der Waals surface area contributed by atoms with Crippen LogP contribution in [0, 0.1) is 0 Å². The van der Waals surface area contributed by atoms with Gasteiger partial charge in [0, 0.05) is 16.9 Å². The molecular formula is C22H19ClN2O4. The highest BCUT2D eigenvalue weighted by Crippen LogP contribution is 2.23. The number of carbonyl (C=O) groups is 2. The number of halogens is 1. The Kier molecular flexibility index (Phi) is 6.71. The second-order valence-electron chi connectivity index (χ2n) is 6.03. The van der Waals surface area contributed by atoms with Crippen molar-refractivity contribution in [3.05, 3.63) is 83.4 Å². The first-order valence-electron chi connectivity index (χ1n) is 8.78. The van der Waals surface area contributed by atoms with E-state index in [9.17, 15) is 9.59 Å². The normalized spacial score (nSPS) is 10.1. The van der Waals surface area contributed by atoms with Gasteiger partial charge in [-0.2, -0.15) is 0 Å². The fraction of sp³-hybridized carbons (Fsp3) is 0.0909. The molecule has 0 aliphatic heterocycles. The van der Waals surface area contributed by atoms with Crippen molar-refractivity contribution in [3.8, 4) is 11.5 Å². The van der Waals surface area contributed by atoms with Crippen molar-refractivity contribution >= 4 is 34.8 Å². The SMILES string of the molecule is COc1ccc(NC(=O)c2ccc(NC(=O)COc3ccccc3Cl)cc2)cc1. The van der Waals surface area contributed by atoms with Gasteiger partial charge in [-0.15, -0.1) is 0 Å². The van der Waals surface area contributed by atoms with E-state index in [1.165, 1.54) is 0 Å². The van der Waals surface area contributed by atoms with Gasteiger partial charge in [-0.25, -0.2) is 0 Å². The molecule has 0 aliphatic rings. The Morgan fingerprint density at radius 1 is 0.862 bits per heavy atom. The van der Waals surface area contributed by atoms with Crippen molar-refractivity contribution in [2.45, 2.75) is 0 Å². The molecule has 2 amide bonds. The fourth-order valence-corrected chi connectivity index (χ4v) is 2.67. The molecule has 0 aliphatic carbocycles. The van der Waals surface area contributed by atoms with Crippen LogP contribution in [0.25, 0.3) is 0 Å². The van der Waals surface area contributed by atoms with Gasteiger partial charge in [0.15, 0.2) is 6.61 Å². The summed E-state index contributed by atoms with van der Waals surface area (Å²) >= 11 is 5.99. The zero-order chi connectivity index (χ0) is 20.6. The third-order valence-electron chi connectivity index (χ3n) is 3.97. The molecule has 7 heteroatoms. The molecule has 0 saturated heterocycles. The van der Waals surface area contributed by atoms with Gasteiger partial charge in [0.2, 0.25) is 0 Å². The predicted octanol–water partition coefficient (Wildman–Crippen LogP) is 4.62. The van der Waals surface area contributed by atoms with Crippen LogP contribution in [0.5, 0.6) is 11.5 Å². The number of ether oxygens (including phenoxy) is 2. The maximum atomic E-state index is 12.3. The highest BCUT2D eigenvalue weighted by atomic mass is 35.5. The summed E-state index contributed by atoms with van der Waals surface area (Å²) in [5.74, 6) is 0.562. The zero-order valence-corrected chi connectivity index (χ0v) is 16.4. The molecule has 29 heavy (non-hydrogen) atoms. The zero-order valence-electron chi connectivity index (χ0n) is 15.6. The van der Waals surface area contributed by atoms with Crippen molar-refractivity contribution in [1.82, 2.24) is 0 Å². The Morgan fingerprint density at radius 3 is 2.14 bits per heavy atom. The summed E-state index contributed by atoms with van der Waals surface area (Å²) in [4.78, 5) is 24.4. The minimum atomic E-state index is -0.333. The number of carbonyl (C=O) groups excluding carboxylic acids is 2. The van der Waals surface area contributed by atoms with E-state index in [1.54, 1.807) is 79.9 Å².